The molecule has 1 heterocycles. The molecule has 0 saturated heterocycles. The van der Waals surface area contributed by atoms with Crippen molar-refractivity contribution in [2.75, 3.05) is 16.2 Å². The normalized spacial score (nSPS) is 19.7. The molecule has 8 heteroatoms. The predicted octanol–water partition coefficient (Wildman–Crippen LogP) is 3.61. The molecule has 1 aliphatic heterocycles. The molecule has 0 saturated carbocycles. The quantitative estimate of drug-likeness (QED) is 0.724. The van der Waals surface area contributed by atoms with Crippen molar-refractivity contribution < 1.29 is 17.2 Å². The average molecular weight is 403 g/mol. The number of fused-ring (bicyclic) bond motifs is 1. The zero-order chi connectivity index (χ0) is 16.6. The second-order valence-corrected chi connectivity index (χ2v) is 7.54. The standard InChI is InChI=1S/C15H13BrF2N2O2S/c16-7-8-19-10-11-9-12(17)5-6-14(11)20(23(19,21)22)15-4-2-1-3-13(15)18/h1-6,10H,7-9H2. The first-order valence-electron chi connectivity index (χ1n) is 6.85. The van der Waals surface area contributed by atoms with E-state index in [2.05, 4.69) is 15.9 Å². The van der Waals surface area contributed by atoms with E-state index in [1.54, 1.807) is 6.07 Å². The van der Waals surface area contributed by atoms with E-state index in [1.165, 1.54) is 36.6 Å². The number of benzene rings is 1. The zero-order valence-electron chi connectivity index (χ0n) is 11.9. The van der Waals surface area contributed by atoms with Crippen LogP contribution in [0.5, 0.6) is 0 Å². The minimum atomic E-state index is -3.99. The van der Waals surface area contributed by atoms with E-state index in [9.17, 15) is 17.2 Å². The molecule has 1 aromatic rings. The third kappa shape index (κ3) is 2.81. The van der Waals surface area contributed by atoms with Crippen molar-refractivity contribution in [2.24, 2.45) is 0 Å². The Morgan fingerprint density at radius 2 is 1.91 bits per heavy atom. The van der Waals surface area contributed by atoms with E-state index >= 15 is 0 Å². The third-order valence-corrected chi connectivity index (χ3v) is 5.62. The van der Waals surface area contributed by atoms with Crippen molar-refractivity contribution in [3.05, 3.63) is 65.5 Å². The molecule has 23 heavy (non-hydrogen) atoms. The Kier molecular flexibility index (Phi) is 4.29. The van der Waals surface area contributed by atoms with Gasteiger partial charge in [-0.15, -0.1) is 0 Å². The molecule has 3 rings (SSSR count). The number of halogens is 3. The summed E-state index contributed by atoms with van der Waals surface area (Å²) in [5.74, 6) is -1.03. The van der Waals surface area contributed by atoms with Gasteiger partial charge in [-0.1, -0.05) is 28.1 Å². The lowest BCUT2D eigenvalue weighted by atomic mass is 10.0. The van der Waals surface area contributed by atoms with Gasteiger partial charge in [0.2, 0.25) is 0 Å². The van der Waals surface area contributed by atoms with Crippen LogP contribution in [0.25, 0.3) is 0 Å². The Morgan fingerprint density at radius 1 is 1.17 bits per heavy atom. The maximum atomic E-state index is 14.2. The summed E-state index contributed by atoms with van der Waals surface area (Å²) in [4.78, 5) is 0. The molecule has 0 radical (unpaired) electrons. The van der Waals surface area contributed by atoms with Gasteiger partial charge in [0, 0.05) is 30.1 Å². The van der Waals surface area contributed by atoms with Crippen molar-refractivity contribution in [2.45, 2.75) is 6.42 Å². The summed E-state index contributed by atoms with van der Waals surface area (Å²) in [6.07, 6.45) is 3.95. The van der Waals surface area contributed by atoms with Gasteiger partial charge in [0.1, 0.15) is 11.6 Å². The van der Waals surface area contributed by atoms with Gasteiger partial charge in [-0.25, -0.2) is 13.1 Å². The fourth-order valence-corrected chi connectivity index (χ4v) is 4.75. The largest absolute Gasteiger partial charge is 0.330 e. The lowest BCUT2D eigenvalue weighted by Crippen LogP contribution is -2.46. The Morgan fingerprint density at radius 3 is 2.61 bits per heavy atom. The van der Waals surface area contributed by atoms with Crippen molar-refractivity contribution in [1.29, 1.82) is 0 Å². The molecule has 0 bridgehead atoms. The second kappa shape index (κ2) is 6.09. The Balaban J connectivity index is 2.22. The molecule has 0 unspecified atom stereocenters. The SMILES string of the molecule is O=S1(=O)N(CCBr)C=C2CC(F)=CC=C2N1c1ccccc1F. The van der Waals surface area contributed by atoms with Crippen LogP contribution >= 0.6 is 15.9 Å². The van der Waals surface area contributed by atoms with E-state index in [0.29, 0.717) is 10.9 Å². The molecule has 0 fully saturated rings. The smallest absolute Gasteiger partial charge is 0.259 e. The third-order valence-electron chi connectivity index (χ3n) is 3.53. The van der Waals surface area contributed by atoms with Gasteiger partial charge < -0.3 is 0 Å². The van der Waals surface area contributed by atoms with Gasteiger partial charge in [0.15, 0.2) is 0 Å². The summed E-state index contributed by atoms with van der Waals surface area (Å²) in [5, 5.41) is 0.401. The number of anilines is 1. The van der Waals surface area contributed by atoms with Crippen LogP contribution < -0.4 is 4.31 Å². The summed E-state index contributed by atoms with van der Waals surface area (Å²) in [6, 6.07) is 5.62. The first kappa shape index (κ1) is 16.2. The average Bonchev–Trinajstić information content (AvgIpc) is 2.50. The van der Waals surface area contributed by atoms with E-state index in [0.717, 1.165) is 8.61 Å². The predicted molar refractivity (Wildman–Crippen MR) is 88.3 cm³/mol. The highest BCUT2D eigenvalue weighted by molar-refractivity contribution is 9.09. The molecule has 122 valence electrons. The van der Waals surface area contributed by atoms with E-state index in [4.69, 9.17) is 0 Å². The van der Waals surface area contributed by atoms with Crippen LogP contribution in [0.3, 0.4) is 0 Å². The number of para-hydroxylation sites is 1. The summed E-state index contributed by atoms with van der Waals surface area (Å²) in [7, 11) is -3.99. The van der Waals surface area contributed by atoms with Gasteiger partial charge >= 0.3 is 10.2 Å². The van der Waals surface area contributed by atoms with Gasteiger partial charge in [-0.3, -0.25) is 4.31 Å². The number of allylic oxidation sites excluding steroid dienone is 4. The molecular weight excluding hydrogens is 390 g/mol. The van der Waals surface area contributed by atoms with Crippen LogP contribution in [0.2, 0.25) is 0 Å². The van der Waals surface area contributed by atoms with Crippen molar-refractivity contribution in [3.63, 3.8) is 0 Å². The molecule has 0 amide bonds. The highest BCUT2D eigenvalue weighted by Gasteiger charge is 2.38. The topological polar surface area (TPSA) is 40.6 Å². The van der Waals surface area contributed by atoms with Crippen LogP contribution in [0, 0.1) is 5.82 Å². The van der Waals surface area contributed by atoms with E-state index in [-0.39, 0.29) is 30.2 Å². The van der Waals surface area contributed by atoms with Gasteiger partial charge in [-0.2, -0.15) is 8.42 Å². The van der Waals surface area contributed by atoms with Crippen molar-refractivity contribution >= 4 is 31.8 Å². The summed E-state index contributed by atoms with van der Waals surface area (Å²) < 4.78 is 55.5. The lowest BCUT2D eigenvalue weighted by molar-refractivity contribution is 0.500. The van der Waals surface area contributed by atoms with Gasteiger partial charge in [-0.05, 0) is 24.3 Å². The minimum Gasteiger partial charge on any atom is -0.259 e. The maximum Gasteiger partial charge on any atom is 0.330 e. The fourth-order valence-electron chi connectivity index (χ4n) is 2.52. The Labute approximate surface area is 141 Å². The molecule has 2 aliphatic rings. The molecule has 0 aromatic heterocycles. The van der Waals surface area contributed by atoms with Crippen molar-refractivity contribution in [1.82, 2.24) is 4.31 Å². The van der Waals surface area contributed by atoms with Crippen LogP contribution in [-0.2, 0) is 10.2 Å². The van der Waals surface area contributed by atoms with Crippen LogP contribution in [-0.4, -0.2) is 24.6 Å². The monoisotopic (exact) mass is 402 g/mol. The van der Waals surface area contributed by atoms with Gasteiger partial charge in [0.25, 0.3) is 0 Å². The molecule has 0 spiro atoms. The second-order valence-electron chi connectivity index (χ2n) is 5.02. The lowest BCUT2D eigenvalue weighted by Gasteiger charge is -2.38. The molecule has 1 aliphatic carbocycles. The molecular formula is C15H13BrF2N2O2S. The van der Waals surface area contributed by atoms with E-state index in [1.807, 2.05) is 0 Å². The van der Waals surface area contributed by atoms with Crippen molar-refractivity contribution in [3.8, 4) is 0 Å². The Hall–Kier alpha value is -1.67. The van der Waals surface area contributed by atoms with Crippen LogP contribution in [0.4, 0.5) is 14.5 Å². The molecule has 0 atom stereocenters. The number of hydrogen-bond acceptors (Lipinski definition) is 2. The maximum absolute atomic E-state index is 14.2. The molecule has 1 aromatic carbocycles. The van der Waals surface area contributed by atoms with E-state index < -0.39 is 16.0 Å². The number of hydrogen-bond donors (Lipinski definition) is 0. The highest BCUT2D eigenvalue weighted by Crippen LogP contribution is 2.39. The summed E-state index contributed by atoms with van der Waals surface area (Å²) in [5.41, 5.74) is 0.672. The highest BCUT2D eigenvalue weighted by atomic mass is 79.9. The first-order chi connectivity index (χ1) is 10.9. The number of nitrogens with zero attached hydrogens (tertiary/aromatic N) is 2. The number of alkyl halides is 1. The molecule has 0 N–H and O–H groups in total. The van der Waals surface area contributed by atoms with Gasteiger partial charge in [0.05, 0.1) is 11.4 Å². The first-order valence-corrected chi connectivity index (χ1v) is 9.37. The minimum absolute atomic E-state index is 0.0227. The summed E-state index contributed by atoms with van der Waals surface area (Å²) in [6.45, 7) is 0.162. The number of rotatable bonds is 3. The fraction of sp³-hybridized carbons (Fsp3) is 0.200. The zero-order valence-corrected chi connectivity index (χ0v) is 14.3. The Bertz CT molecular complexity index is 834. The van der Waals surface area contributed by atoms with Crippen LogP contribution in [0.1, 0.15) is 6.42 Å². The van der Waals surface area contributed by atoms with Crippen LogP contribution in [0.15, 0.2) is 59.7 Å². The molecule has 4 nitrogen and oxygen atoms in total. The summed E-state index contributed by atoms with van der Waals surface area (Å²) >= 11 is 3.20.